The van der Waals surface area contributed by atoms with E-state index in [2.05, 4.69) is 10.3 Å². The van der Waals surface area contributed by atoms with Crippen LogP contribution in [0.25, 0.3) is 0 Å². The predicted molar refractivity (Wildman–Crippen MR) is 96.9 cm³/mol. The predicted octanol–water partition coefficient (Wildman–Crippen LogP) is 2.01. The highest BCUT2D eigenvalue weighted by Gasteiger charge is 2.30. The number of nitrogens with two attached hydrogens (primary N) is 1. The average Bonchev–Trinajstić information content (AvgIpc) is 3.33. The van der Waals surface area contributed by atoms with Crippen molar-refractivity contribution in [1.82, 2.24) is 19.9 Å². The molecule has 2 heterocycles. The molecule has 1 atom stereocenters. The molecule has 1 aromatic heterocycles. The number of carbonyl (C=O) groups is 1. The highest BCUT2D eigenvalue weighted by Crippen LogP contribution is 2.27. The third-order valence-corrected chi connectivity index (χ3v) is 5.32. The number of likely N-dealkylation sites (tertiary alicyclic amines) is 1. The normalized spacial score (nSPS) is 26.0. The molecule has 1 aliphatic carbocycles. The van der Waals surface area contributed by atoms with Gasteiger partial charge < -0.3 is 15.4 Å². The molecule has 2 aromatic rings. The van der Waals surface area contributed by atoms with Gasteiger partial charge in [0.05, 0.1) is 18.8 Å². The van der Waals surface area contributed by atoms with E-state index in [-0.39, 0.29) is 12.0 Å². The van der Waals surface area contributed by atoms with Gasteiger partial charge in [-0.15, -0.1) is 5.10 Å². The Balaban J connectivity index is 1.35. The van der Waals surface area contributed by atoms with Gasteiger partial charge in [-0.3, -0.25) is 4.79 Å². The maximum absolute atomic E-state index is 12.7. The van der Waals surface area contributed by atoms with Crippen LogP contribution in [0.2, 0.25) is 0 Å². The lowest BCUT2D eigenvalue weighted by atomic mass is 9.92. The van der Waals surface area contributed by atoms with Gasteiger partial charge in [-0.1, -0.05) is 23.4 Å². The fourth-order valence-electron chi connectivity index (χ4n) is 3.78. The summed E-state index contributed by atoms with van der Waals surface area (Å²) in [6, 6.07) is 10.3. The van der Waals surface area contributed by atoms with Crippen LogP contribution in [0.5, 0.6) is 5.75 Å². The molecule has 138 valence electrons. The smallest absolute Gasteiger partial charge is 0.276 e. The van der Waals surface area contributed by atoms with Gasteiger partial charge in [-0.2, -0.15) is 0 Å². The van der Waals surface area contributed by atoms with Crippen molar-refractivity contribution in [2.75, 3.05) is 13.1 Å². The van der Waals surface area contributed by atoms with Gasteiger partial charge in [0, 0.05) is 19.0 Å². The van der Waals surface area contributed by atoms with Crippen LogP contribution < -0.4 is 10.5 Å². The molecule has 2 N–H and O–H groups in total. The van der Waals surface area contributed by atoms with Crippen LogP contribution in [0.3, 0.4) is 0 Å². The number of carbonyl (C=O) groups excluding carboxylic acids is 1. The van der Waals surface area contributed by atoms with E-state index in [4.69, 9.17) is 10.5 Å². The first-order valence-electron chi connectivity index (χ1n) is 9.37. The Bertz CT molecular complexity index is 739. The monoisotopic (exact) mass is 355 g/mol. The summed E-state index contributed by atoms with van der Waals surface area (Å²) in [5, 5.41) is 8.30. The molecule has 1 aliphatic heterocycles. The number of hydrogen-bond acceptors (Lipinski definition) is 5. The molecular weight excluding hydrogens is 330 g/mol. The summed E-state index contributed by atoms with van der Waals surface area (Å²) >= 11 is 0. The molecule has 1 unspecified atom stereocenters. The van der Waals surface area contributed by atoms with Gasteiger partial charge in [0.1, 0.15) is 11.9 Å². The van der Waals surface area contributed by atoms with Gasteiger partial charge in [-0.25, -0.2) is 4.68 Å². The van der Waals surface area contributed by atoms with Crippen molar-refractivity contribution in [1.29, 1.82) is 0 Å². The standard InChI is InChI=1S/C19H25N5O2/c20-14-6-8-15(9-7-14)24-13-18(21-22-24)19(25)23-11-10-17(12-23)26-16-4-2-1-3-5-16/h1-5,13-15,17H,6-12,20H2. The van der Waals surface area contributed by atoms with Crippen molar-refractivity contribution in [2.45, 2.75) is 50.3 Å². The molecule has 0 spiro atoms. The first-order chi connectivity index (χ1) is 12.7. The van der Waals surface area contributed by atoms with E-state index in [9.17, 15) is 4.79 Å². The lowest BCUT2D eigenvalue weighted by Gasteiger charge is -2.25. The number of nitrogens with zero attached hydrogens (tertiary/aromatic N) is 4. The lowest BCUT2D eigenvalue weighted by Crippen LogP contribution is -2.31. The van der Waals surface area contributed by atoms with Crippen molar-refractivity contribution in [3.8, 4) is 5.75 Å². The molecule has 2 fully saturated rings. The molecule has 2 aliphatic rings. The average molecular weight is 355 g/mol. The molecule has 0 radical (unpaired) electrons. The third-order valence-electron chi connectivity index (χ3n) is 5.32. The Kier molecular flexibility index (Phi) is 4.88. The van der Waals surface area contributed by atoms with Crippen molar-refractivity contribution >= 4 is 5.91 Å². The molecule has 1 saturated carbocycles. The van der Waals surface area contributed by atoms with Crippen LogP contribution in [0.15, 0.2) is 36.5 Å². The zero-order valence-corrected chi connectivity index (χ0v) is 14.8. The second-order valence-corrected chi connectivity index (χ2v) is 7.25. The molecule has 1 saturated heterocycles. The minimum absolute atomic E-state index is 0.0243. The Morgan fingerprint density at radius 1 is 1.12 bits per heavy atom. The van der Waals surface area contributed by atoms with Crippen LogP contribution in [-0.2, 0) is 0 Å². The molecule has 1 amide bonds. The lowest BCUT2D eigenvalue weighted by molar-refractivity contribution is 0.0766. The van der Waals surface area contributed by atoms with Gasteiger partial charge in [0.25, 0.3) is 5.91 Å². The number of ether oxygens (including phenoxy) is 1. The maximum Gasteiger partial charge on any atom is 0.276 e. The zero-order chi connectivity index (χ0) is 17.9. The van der Waals surface area contributed by atoms with E-state index < -0.39 is 0 Å². The fourth-order valence-corrected chi connectivity index (χ4v) is 3.78. The van der Waals surface area contributed by atoms with E-state index in [1.807, 2.05) is 35.0 Å². The molecule has 4 rings (SSSR count). The zero-order valence-electron chi connectivity index (χ0n) is 14.8. The van der Waals surface area contributed by atoms with E-state index >= 15 is 0 Å². The topological polar surface area (TPSA) is 86.3 Å². The molecule has 26 heavy (non-hydrogen) atoms. The summed E-state index contributed by atoms with van der Waals surface area (Å²) in [7, 11) is 0. The number of amides is 1. The summed E-state index contributed by atoms with van der Waals surface area (Å²) in [6.07, 6.45) is 6.63. The van der Waals surface area contributed by atoms with Crippen LogP contribution in [0.4, 0.5) is 0 Å². The van der Waals surface area contributed by atoms with E-state index in [1.165, 1.54) is 0 Å². The van der Waals surface area contributed by atoms with Gasteiger partial charge in [0.15, 0.2) is 5.69 Å². The van der Waals surface area contributed by atoms with Crippen molar-refractivity contribution < 1.29 is 9.53 Å². The summed E-state index contributed by atoms with van der Waals surface area (Å²) in [5.41, 5.74) is 6.38. The largest absolute Gasteiger partial charge is 0.489 e. The van der Waals surface area contributed by atoms with Crippen LogP contribution in [-0.4, -0.2) is 51.0 Å². The van der Waals surface area contributed by atoms with E-state index in [0.717, 1.165) is 37.9 Å². The number of aromatic nitrogens is 3. The minimum atomic E-state index is -0.0667. The van der Waals surface area contributed by atoms with Gasteiger partial charge in [0.2, 0.25) is 0 Å². The summed E-state index contributed by atoms with van der Waals surface area (Å²) in [6.45, 7) is 1.26. The Labute approximate surface area is 153 Å². The number of hydrogen-bond donors (Lipinski definition) is 1. The number of rotatable bonds is 4. The van der Waals surface area contributed by atoms with Gasteiger partial charge >= 0.3 is 0 Å². The van der Waals surface area contributed by atoms with Crippen molar-refractivity contribution in [3.05, 3.63) is 42.2 Å². The van der Waals surface area contributed by atoms with Crippen LogP contribution in [0.1, 0.15) is 48.6 Å². The Morgan fingerprint density at radius 2 is 1.88 bits per heavy atom. The second kappa shape index (κ2) is 7.45. The molecule has 1 aromatic carbocycles. The number of benzene rings is 1. The summed E-state index contributed by atoms with van der Waals surface area (Å²) in [4.78, 5) is 14.5. The highest BCUT2D eigenvalue weighted by molar-refractivity contribution is 5.92. The third kappa shape index (κ3) is 3.72. The maximum atomic E-state index is 12.7. The Hall–Kier alpha value is -2.41. The minimum Gasteiger partial charge on any atom is -0.489 e. The van der Waals surface area contributed by atoms with Crippen molar-refractivity contribution in [3.63, 3.8) is 0 Å². The SMILES string of the molecule is NC1CCC(n2cc(C(=O)N3CCC(Oc4ccccc4)C3)nn2)CC1. The molecular formula is C19H25N5O2. The van der Waals surface area contributed by atoms with E-state index in [1.54, 1.807) is 11.1 Å². The highest BCUT2D eigenvalue weighted by atomic mass is 16.5. The number of para-hydroxylation sites is 1. The summed E-state index contributed by atoms with van der Waals surface area (Å²) < 4.78 is 7.80. The van der Waals surface area contributed by atoms with Crippen molar-refractivity contribution in [2.24, 2.45) is 5.73 Å². The quantitative estimate of drug-likeness (QED) is 0.907. The first kappa shape index (κ1) is 17.0. The van der Waals surface area contributed by atoms with E-state index in [0.29, 0.717) is 30.9 Å². The molecule has 7 heteroatoms. The molecule has 7 nitrogen and oxygen atoms in total. The fraction of sp³-hybridized carbons (Fsp3) is 0.526. The molecule has 0 bridgehead atoms. The first-order valence-corrected chi connectivity index (χ1v) is 9.37. The second-order valence-electron chi connectivity index (χ2n) is 7.25. The Morgan fingerprint density at radius 3 is 2.65 bits per heavy atom. The summed E-state index contributed by atoms with van der Waals surface area (Å²) in [5.74, 6) is 0.774. The van der Waals surface area contributed by atoms with Crippen LogP contribution >= 0.6 is 0 Å². The van der Waals surface area contributed by atoms with Crippen LogP contribution in [0, 0.1) is 0 Å². The van der Waals surface area contributed by atoms with Gasteiger partial charge in [-0.05, 0) is 37.8 Å².